The summed E-state index contributed by atoms with van der Waals surface area (Å²) in [5.41, 5.74) is 3.56. The number of anilines is 2. The van der Waals surface area contributed by atoms with Crippen molar-refractivity contribution in [2.75, 3.05) is 36.5 Å². The number of nitrogens with zero attached hydrogens (tertiary/aromatic N) is 6. The molecule has 2 aliphatic heterocycles. The van der Waals surface area contributed by atoms with E-state index in [-0.39, 0.29) is 51.9 Å². The summed E-state index contributed by atoms with van der Waals surface area (Å²) in [7, 11) is 1.57. The smallest absolute Gasteiger partial charge is 0.283 e. The largest absolute Gasteiger partial charge is 0.354 e. The lowest BCUT2D eigenvalue weighted by atomic mass is 9.99. The van der Waals surface area contributed by atoms with Gasteiger partial charge in [-0.1, -0.05) is 44.2 Å². The van der Waals surface area contributed by atoms with Crippen LogP contribution in [0, 0.1) is 19.7 Å². The molecule has 44 heavy (non-hydrogen) atoms. The molecule has 0 spiro atoms. The predicted octanol–water partition coefficient (Wildman–Crippen LogP) is 5.16. The lowest BCUT2D eigenvalue weighted by molar-refractivity contribution is -0.128. The van der Waals surface area contributed by atoms with Crippen LogP contribution >= 0.6 is 11.6 Å². The van der Waals surface area contributed by atoms with E-state index in [2.05, 4.69) is 11.6 Å². The van der Waals surface area contributed by atoms with E-state index in [1.54, 1.807) is 43.3 Å². The molecule has 0 saturated carbocycles. The van der Waals surface area contributed by atoms with Crippen LogP contribution in [0.3, 0.4) is 0 Å². The minimum atomic E-state index is -0.734. The Morgan fingerprint density at radius 3 is 2.55 bits per heavy atom. The molecule has 0 aliphatic carbocycles. The van der Waals surface area contributed by atoms with Gasteiger partial charge in [0.1, 0.15) is 17.5 Å². The topological polar surface area (TPSA) is 91.6 Å². The van der Waals surface area contributed by atoms with Gasteiger partial charge in [-0.3, -0.25) is 23.9 Å². The molecule has 9 nitrogen and oxygen atoms in total. The van der Waals surface area contributed by atoms with Crippen molar-refractivity contribution in [3.63, 3.8) is 0 Å². The molecule has 0 unspecified atom stereocenters. The molecule has 0 N–H and O–H groups in total. The van der Waals surface area contributed by atoms with Crippen molar-refractivity contribution in [1.82, 2.24) is 19.4 Å². The summed E-state index contributed by atoms with van der Waals surface area (Å²) in [5.74, 6) is -1.12. The second-order valence-corrected chi connectivity index (χ2v) is 12.0. The number of carbonyl (C=O) groups excluding carboxylic acids is 2. The Hall–Kier alpha value is -4.57. The van der Waals surface area contributed by atoms with E-state index in [1.165, 1.54) is 21.6 Å². The van der Waals surface area contributed by atoms with Crippen LogP contribution in [0.1, 0.15) is 36.6 Å². The number of piperazine rings is 1. The number of halogens is 2. The molecule has 1 fully saturated rings. The minimum Gasteiger partial charge on any atom is -0.354 e. The van der Waals surface area contributed by atoms with E-state index < -0.39 is 17.4 Å². The maximum atomic E-state index is 15.3. The lowest BCUT2D eigenvalue weighted by Crippen LogP contribution is -2.63. The average molecular weight is 615 g/mol. The number of rotatable bonds is 4. The Morgan fingerprint density at radius 1 is 1.11 bits per heavy atom. The molecule has 0 radical (unpaired) electrons. The Labute approximate surface area is 259 Å². The molecular formula is C33H32ClFN6O3. The maximum Gasteiger partial charge on any atom is 0.283 e. The van der Waals surface area contributed by atoms with Gasteiger partial charge in [-0.05, 0) is 55.2 Å². The molecule has 2 amide bonds. The van der Waals surface area contributed by atoms with Crippen molar-refractivity contribution in [2.45, 2.75) is 39.7 Å². The summed E-state index contributed by atoms with van der Waals surface area (Å²) in [6.07, 6.45) is 2.93. The van der Waals surface area contributed by atoms with E-state index >= 15 is 4.39 Å². The van der Waals surface area contributed by atoms with Crippen LogP contribution in [0.2, 0.25) is 5.02 Å². The number of amides is 2. The Kier molecular flexibility index (Phi) is 7.28. The van der Waals surface area contributed by atoms with Crippen molar-refractivity contribution in [2.24, 2.45) is 0 Å². The lowest BCUT2D eigenvalue weighted by Gasteiger charge is -2.47. The summed E-state index contributed by atoms with van der Waals surface area (Å²) in [6.45, 7) is 12.0. The highest BCUT2D eigenvalue weighted by Gasteiger charge is 2.44. The van der Waals surface area contributed by atoms with Gasteiger partial charge in [0.05, 0.1) is 34.3 Å². The normalized spacial score (nSPS) is 16.4. The number of carbonyl (C=O) groups is 2. The van der Waals surface area contributed by atoms with Crippen molar-refractivity contribution in [3.8, 4) is 16.9 Å². The van der Waals surface area contributed by atoms with Gasteiger partial charge in [-0.15, -0.1) is 0 Å². The first-order chi connectivity index (χ1) is 21.0. The van der Waals surface area contributed by atoms with Gasteiger partial charge in [0.15, 0.2) is 5.65 Å². The van der Waals surface area contributed by atoms with E-state index in [1.807, 2.05) is 31.7 Å². The first kappa shape index (κ1) is 29.5. The molecule has 6 rings (SSSR count). The Balaban J connectivity index is 1.75. The molecule has 1 saturated heterocycles. The molecule has 5 heterocycles. The van der Waals surface area contributed by atoms with Crippen LogP contribution in [-0.2, 0) is 9.59 Å². The van der Waals surface area contributed by atoms with Gasteiger partial charge >= 0.3 is 0 Å². The first-order valence-electron chi connectivity index (χ1n) is 14.4. The second kappa shape index (κ2) is 10.9. The van der Waals surface area contributed by atoms with E-state index in [0.717, 1.165) is 5.56 Å². The molecule has 2 aliphatic rings. The highest BCUT2D eigenvalue weighted by molar-refractivity contribution is 6.34. The fourth-order valence-corrected chi connectivity index (χ4v) is 6.62. The molecule has 1 aromatic carbocycles. The van der Waals surface area contributed by atoms with Gasteiger partial charge in [-0.25, -0.2) is 9.37 Å². The van der Waals surface area contributed by atoms with Crippen molar-refractivity contribution in [1.29, 1.82) is 0 Å². The summed E-state index contributed by atoms with van der Waals surface area (Å²) in [4.78, 5) is 55.4. The highest BCUT2D eigenvalue weighted by atomic mass is 35.5. The summed E-state index contributed by atoms with van der Waals surface area (Å²) in [5, 5.41) is 0.717. The van der Waals surface area contributed by atoms with Gasteiger partial charge in [0, 0.05) is 37.3 Å². The van der Waals surface area contributed by atoms with Crippen molar-refractivity contribution in [3.05, 3.63) is 87.2 Å². The standard InChI is InChI=1S/C33H32ClFN6O3/c1-7-24(42)39-13-14-40-23(16-39)32(43)38(6)30-29(40)20-15-21(34)27(25-18(4)9-8-10-22(25)35)37-31(20)41(33(30)44)28-19(5)11-12-36-26(28)17(2)3/h7-12,15,17,23H,1,13-14,16H2,2-6H3/t23-/m1/s1. The summed E-state index contributed by atoms with van der Waals surface area (Å²) >= 11 is 6.91. The van der Waals surface area contributed by atoms with Crippen molar-refractivity contribution < 1.29 is 14.0 Å². The third-order valence-corrected chi connectivity index (χ3v) is 8.83. The molecule has 4 aromatic rings. The molecule has 0 bridgehead atoms. The van der Waals surface area contributed by atoms with Crippen LogP contribution in [0.25, 0.3) is 28.0 Å². The number of aryl methyl sites for hydroxylation is 2. The number of pyridine rings is 3. The quantitative estimate of drug-likeness (QED) is 0.295. The average Bonchev–Trinajstić information content (AvgIpc) is 2.99. The van der Waals surface area contributed by atoms with Gasteiger partial charge in [0.2, 0.25) is 5.91 Å². The van der Waals surface area contributed by atoms with E-state index in [0.29, 0.717) is 41.1 Å². The number of hydrogen-bond acceptors (Lipinski definition) is 6. The number of benzene rings is 1. The predicted molar refractivity (Wildman–Crippen MR) is 170 cm³/mol. The maximum absolute atomic E-state index is 15.3. The van der Waals surface area contributed by atoms with Crippen LogP contribution in [-0.4, -0.2) is 64.0 Å². The van der Waals surface area contributed by atoms with E-state index in [9.17, 15) is 14.4 Å². The number of fused-ring (bicyclic) bond motifs is 5. The van der Waals surface area contributed by atoms with Gasteiger partial charge in [0.25, 0.3) is 11.5 Å². The van der Waals surface area contributed by atoms with Crippen LogP contribution in [0.15, 0.2) is 54.0 Å². The van der Waals surface area contributed by atoms with Crippen LogP contribution in [0.5, 0.6) is 0 Å². The third-order valence-electron chi connectivity index (χ3n) is 8.54. The number of hydrogen-bond donors (Lipinski definition) is 0. The van der Waals surface area contributed by atoms with Gasteiger partial charge in [-0.2, -0.15) is 0 Å². The van der Waals surface area contributed by atoms with E-state index in [4.69, 9.17) is 16.6 Å². The third kappa shape index (κ3) is 4.39. The molecular weight excluding hydrogens is 583 g/mol. The van der Waals surface area contributed by atoms with Crippen LogP contribution in [0.4, 0.5) is 15.8 Å². The molecule has 226 valence electrons. The van der Waals surface area contributed by atoms with Crippen LogP contribution < -0.4 is 15.4 Å². The zero-order valence-electron chi connectivity index (χ0n) is 25.2. The molecule has 11 heteroatoms. The number of aromatic nitrogens is 3. The minimum absolute atomic E-state index is 0.0531. The zero-order chi connectivity index (χ0) is 31.6. The molecule has 1 atom stereocenters. The Morgan fingerprint density at radius 2 is 1.86 bits per heavy atom. The van der Waals surface area contributed by atoms with Gasteiger partial charge < -0.3 is 14.7 Å². The summed E-state index contributed by atoms with van der Waals surface area (Å²) in [6, 6.07) is 7.52. The second-order valence-electron chi connectivity index (χ2n) is 11.6. The zero-order valence-corrected chi connectivity index (χ0v) is 25.9. The number of likely N-dealkylation sites (N-methyl/N-ethyl adjacent to an activating group) is 1. The fraction of sp³-hybridized carbons (Fsp3) is 0.303. The van der Waals surface area contributed by atoms with Crippen molar-refractivity contribution >= 4 is 45.8 Å². The highest BCUT2D eigenvalue weighted by Crippen LogP contribution is 2.43. The fourth-order valence-electron chi connectivity index (χ4n) is 6.37. The Bertz CT molecular complexity index is 1930. The SMILES string of the molecule is C=CC(=O)N1CCN2c3c(c(=O)n(-c4c(C)ccnc4C(C)C)c4nc(-c5c(C)cccc5F)c(Cl)cc34)N(C)C(=O)[C@H]2C1. The first-order valence-corrected chi connectivity index (χ1v) is 14.8. The monoisotopic (exact) mass is 614 g/mol. The molecule has 3 aromatic heterocycles. The summed E-state index contributed by atoms with van der Waals surface area (Å²) < 4.78 is 16.8.